The molecule has 1 aromatic heterocycles. The number of fused-ring (bicyclic) bond motifs is 1. The van der Waals surface area contributed by atoms with Crippen molar-refractivity contribution in [1.82, 2.24) is 9.88 Å². The van der Waals surface area contributed by atoms with Crippen LogP contribution in [-0.2, 0) is 17.8 Å². The van der Waals surface area contributed by atoms with Crippen LogP contribution < -0.4 is 4.74 Å². The fraction of sp³-hybridized carbons (Fsp3) is 0.263. The van der Waals surface area contributed by atoms with Crippen LogP contribution in [0.2, 0.25) is 0 Å². The Hall–Kier alpha value is -3.50. The number of pyridine rings is 1. The summed E-state index contributed by atoms with van der Waals surface area (Å²) in [7, 11) is 0. The Morgan fingerprint density at radius 1 is 1.30 bits per heavy atom. The van der Waals surface area contributed by atoms with E-state index >= 15 is 0 Å². The van der Waals surface area contributed by atoms with Crippen molar-refractivity contribution in [2.45, 2.75) is 32.5 Å². The Morgan fingerprint density at radius 3 is 2.67 bits per heavy atom. The first-order chi connectivity index (χ1) is 14.0. The van der Waals surface area contributed by atoms with Crippen molar-refractivity contribution in [2.75, 3.05) is 0 Å². The summed E-state index contributed by atoms with van der Waals surface area (Å²) in [6.45, 7) is 0.993. The van der Waals surface area contributed by atoms with Crippen molar-refractivity contribution >= 4 is 17.7 Å². The van der Waals surface area contributed by atoms with Crippen LogP contribution in [0, 0.1) is 10.8 Å². The van der Waals surface area contributed by atoms with Gasteiger partial charge in [0.2, 0.25) is 11.8 Å². The van der Waals surface area contributed by atoms with Gasteiger partial charge in [-0.15, -0.1) is 13.2 Å². The van der Waals surface area contributed by atoms with Gasteiger partial charge in [-0.05, 0) is 19.1 Å². The van der Waals surface area contributed by atoms with Gasteiger partial charge < -0.3 is 14.4 Å². The third kappa shape index (κ3) is 4.73. The Kier molecular flexibility index (Phi) is 5.72. The molecule has 7 nitrogen and oxygen atoms in total. The normalized spacial score (nSPS) is 14.3. The van der Waals surface area contributed by atoms with E-state index in [9.17, 15) is 22.4 Å². The summed E-state index contributed by atoms with van der Waals surface area (Å²) in [5, 5.41) is 15.1. The number of alkyl halides is 4. The van der Waals surface area contributed by atoms with Crippen LogP contribution in [0.3, 0.4) is 0 Å². The molecule has 0 aliphatic carbocycles. The van der Waals surface area contributed by atoms with Crippen molar-refractivity contribution < 1.29 is 31.8 Å². The number of hydrogen-bond acceptors (Lipinski definition) is 6. The number of ether oxygens (including phenoxy) is 2. The summed E-state index contributed by atoms with van der Waals surface area (Å²) in [4.78, 5) is 18.1. The van der Waals surface area contributed by atoms with E-state index in [1.807, 2.05) is 0 Å². The summed E-state index contributed by atoms with van der Waals surface area (Å²) in [6.07, 6.45) is -5.33. The van der Waals surface area contributed by atoms with Crippen molar-refractivity contribution in [3.63, 3.8) is 0 Å². The van der Waals surface area contributed by atoms with Gasteiger partial charge in [0.25, 0.3) is 5.91 Å². The summed E-state index contributed by atoms with van der Waals surface area (Å²) in [5.41, 5.74) is 0.752. The van der Waals surface area contributed by atoms with Crippen molar-refractivity contribution in [2.24, 2.45) is 0 Å². The lowest BCUT2D eigenvalue weighted by Crippen LogP contribution is -2.25. The predicted octanol–water partition coefficient (Wildman–Crippen LogP) is 3.81. The maximum absolute atomic E-state index is 13.0. The average molecular weight is 424 g/mol. The number of para-hydroxylation sites is 1. The maximum atomic E-state index is 13.0. The average Bonchev–Trinajstić information content (AvgIpc) is 2.97. The number of nitrogens with zero attached hydrogens (tertiary/aromatic N) is 2. The van der Waals surface area contributed by atoms with Gasteiger partial charge in [0.1, 0.15) is 5.75 Å². The molecular weight excluding hydrogens is 408 g/mol. The number of hydrogen-bond donors (Lipinski definition) is 2. The topological polar surface area (TPSA) is 99.4 Å². The number of aromatic nitrogens is 1. The van der Waals surface area contributed by atoms with Crippen LogP contribution in [0.15, 0.2) is 36.5 Å². The van der Waals surface area contributed by atoms with Crippen LogP contribution in [-0.4, -0.2) is 40.1 Å². The molecule has 0 bridgehead atoms. The largest absolute Gasteiger partial charge is 0.573 e. The Bertz CT molecular complexity index is 1010. The summed E-state index contributed by atoms with van der Waals surface area (Å²) < 4.78 is 59.6. The van der Waals surface area contributed by atoms with Crippen LogP contribution >= 0.6 is 0 Å². The molecule has 2 aromatic rings. The number of rotatable bonds is 5. The second kappa shape index (κ2) is 8.09. The Labute approximate surface area is 168 Å². The molecule has 1 unspecified atom stereocenters. The highest BCUT2D eigenvalue weighted by molar-refractivity contribution is 6.03. The standard InChI is InChI=1S/C19H16F4N4O3/c1-10(20)16(24)29-17(25)12-6-13-14(26-7-12)9-27(18(13)28)8-11-4-2-3-5-15(11)30-19(21,22)23/h2-7,10,24-25H,8-9H2,1H3. The predicted molar refractivity (Wildman–Crippen MR) is 97.1 cm³/mol. The smallest absolute Gasteiger partial charge is 0.422 e. The molecule has 1 atom stereocenters. The van der Waals surface area contributed by atoms with Gasteiger partial charge in [-0.3, -0.25) is 20.6 Å². The van der Waals surface area contributed by atoms with E-state index in [-0.39, 0.29) is 29.8 Å². The van der Waals surface area contributed by atoms with Crippen LogP contribution in [0.5, 0.6) is 5.75 Å². The van der Waals surface area contributed by atoms with Gasteiger partial charge >= 0.3 is 6.36 Å². The molecule has 2 heterocycles. The Balaban J connectivity index is 1.77. The zero-order valence-corrected chi connectivity index (χ0v) is 15.6. The summed E-state index contributed by atoms with van der Waals surface area (Å²) >= 11 is 0. The number of carbonyl (C=O) groups excluding carboxylic acids is 1. The van der Waals surface area contributed by atoms with E-state index in [2.05, 4.69) is 9.72 Å². The highest BCUT2D eigenvalue weighted by Crippen LogP contribution is 2.30. The van der Waals surface area contributed by atoms with Crippen molar-refractivity contribution in [3.8, 4) is 5.75 Å². The van der Waals surface area contributed by atoms with Crippen LogP contribution in [0.4, 0.5) is 17.6 Å². The molecule has 1 aliphatic heterocycles. The van der Waals surface area contributed by atoms with Gasteiger partial charge in [-0.1, -0.05) is 18.2 Å². The molecule has 0 fully saturated rings. The van der Waals surface area contributed by atoms with Gasteiger partial charge in [-0.25, -0.2) is 4.39 Å². The monoisotopic (exact) mass is 424 g/mol. The molecule has 2 N–H and O–H groups in total. The number of amides is 1. The van der Waals surface area contributed by atoms with Crippen molar-refractivity contribution in [1.29, 1.82) is 10.8 Å². The SMILES string of the molecule is CC(F)C(=N)OC(=N)c1cnc2c(c1)C(=O)N(Cc1ccccc1OC(F)(F)F)C2. The van der Waals surface area contributed by atoms with E-state index in [0.717, 1.165) is 13.0 Å². The highest BCUT2D eigenvalue weighted by Gasteiger charge is 2.34. The van der Waals surface area contributed by atoms with E-state index in [1.54, 1.807) is 0 Å². The molecule has 3 rings (SSSR count). The lowest BCUT2D eigenvalue weighted by Gasteiger charge is -2.18. The van der Waals surface area contributed by atoms with E-state index in [4.69, 9.17) is 15.6 Å². The molecule has 0 saturated carbocycles. The zero-order chi connectivity index (χ0) is 22.1. The molecule has 11 heteroatoms. The first-order valence-electron chi connectivity index (χ1n) is 8.66. The second-order valence-corrected chi connectivity index (χ2v) is 6.45. The molecular formula is C19H16F4N4O3. The van der Waals surface area contributed by atoms with Gasteiger partial charge in [0.15, 0.2) is 6.17 Å². The lowest BCUT2D eigenvalue weighted by atomic mass is 10.1. The lowest BCUT2D eigenvalue weighted by molar-refractivity contribution is -0.275. The third-order valence-corrected chi connectivity index (χ3v) is 4.22. The second-order valence-electron chi connectivity index (χ2n) is 6.45. The molecule has 0 radical (unpaired) electrons. The maximum Gasteiger partial charge on any atom is 0.573 e. The van der Waals surface area contributed by atoms with Crippen molar-refractivity contribution in [3.05, 3.63) is 58.9 Å². The van der Waals surface area contributed by atoms with Gasteiger partial charge in [0, 0.05) is 11.8 Å². The number of halogens is 4. The van der Waals surface area contributed by atoms with E-state index in [0.29, 0.717) is 5.69 Å². The third-order valence-electron chi connectivity index (χ3n) is 4.22. The molecule has 0 saturated heterocycles. The minimum absolute atomic E-state index is 0.0559. The molecule has 1 amide bonds. The molecule has 1 aromatic carbocycles. The first kappa shape index (κ1) is 21.2. The number of carbonyl (C=O) groups is 1. The quantitative estimate of drug-likeness (QED) is 0.433. The molecule has 1 aliphatic rings. The fourth-order valence-electron chi connectivity index (χ4n) is 2.79. The Morgan fingerprint density at radius 2 is 2.00 bits per heavy atom. The van der Waals surface area contributed by atoms with Gasteiger partial charge in [-0.2, -0.15) is 0 Å². The van der Waals surface area contributed by atoms with Gasteiger partial charge in [0.05, 0.1) is 29.9 Å². The molecule has 158 valence electrons. The summed E-state index contributed by atoms with van der Waals surface area (Å²) in [6, 6.07) is 6.82. The first-order valence-corrected chi connectivity index (χ1v) is 8.66. The number of benzene rings is 1. The highest BCUT2D eigenvalue weighted by atomic mass is 19.4. The van der Waals surface area contributed by atoms with Crippen LogP contribution in [0.25, 0.3) is 0 Å². The molecule has 0 spiro atoms. The van der Waals surface area contributed by atoms with Crippen LogP contribution in [0.1, 0.15) is 34.1 Å². The van der Waals surface area contributed by atoms with E-state index in [1.165, 1.54) is 35.4 Å². The summed E-state index contributed by atoms with van der Waals surface area (Å²) in [5.74, 6) is -2.20. The fourth-order valence-corrected chi connectivity index (χ4v) is 2.79. The minimum atomic E-state index is -4.87. The van der Waals surface area contributed by atoms with E-state index < -0.39 is 36.0 Å². The zero-order valence-electron chi connectivity index (χ0n) is 15.6. The number of nitrogens with one attached hydrogen (secondary N) is 2. The molecule has 30 heavy (non-hydrogen) atoms. The minimum Gasteiger partial charge on any atom is -0.422 e.